The molecular formula is C11H22ClN3O2. The summed E-state index contributed by atoms with van der Waals surface area (Å²) in [6, 6.07) is 0.0475. The van der Waals surface area contributed by atoms with Crippen LogP contribution in [0, 0.1) is 5.92 Å². The van der Waals surface area contributed by atoms with E-state index in [0.29, 0.717) is 0 Å². The predicted octanol–water partition coefficient (Wildman–Crippen LogP) is 0.176. The van der Waals surface area contributed by atoms with Crippen molar-refractivity contribution in [3.05, 3.63) is 0 Å². The van der Waals surface area contributed by atoms with Gasteiger partial charge < -0.3 is 16.4 Å². The smallest absolute Gasteiger partial charge is 0.239 e. The predicted molar refractivity (Wildman–Crippen MR) is 68.9 cm³/mol. The van der Waals surface area contributed by atoms with Crippen LogP contribution in [0.5, 0.6) is 0 Å². The van der Waals surface area contributed by atoms with E-state index in [4.69, 9.17) is 5.73 Å². The van der Waals surface area contributed by atoms with Gasteiger partial charge in [-0.15, -0.1) is 12.4 Å². The van der Waals surface area contributed by atoms with E-state index in [1.54, 1.807) is 0 Å². The van der Waals surface area contributed by atoms with Gasteiger partial charge in [0.15, 0.2) is 0 Å². The molecule has 2 unspecified atom stereocenters. The maximum Gasteiger partial charge on any atom is 0.239 e. The van der Waals surface area contributed by atoms with Gasteiger partial charge in [-0.3, -0.25) is 9.59 Å². The normalized spacial score (nSPS) is 23.1. The number of nitrogens with one attached hydrogen (secondary N) is 2. The molecule has 0 radical (unpaired) electrons. The Kier molecular flexibility index (Phi) is 7.15. The molecule has 17 heavy (non-hydrogen) atoms. The Morgan fingerprint density at radius 3 is 2.47 bits per heavy atom. The second kappa shape index (κ2) is 7.50. The van der Waals surface area contributed by atoms with Crippen LogP contribution >= 0.6 is 12.4 Å². The molecule has 0 aromatic heterocycles. The maximum absolute atomic E-state index is 11.7. The molecule has 0 saturated heterocycles. The third kappa shape index (κ3) is 5.37. The Bertz CT molecular complexity index is 271. The average molecular weight is 264 g/mol. The van der Waals surface area contributed by atoms with Crippen LogP contribution in [0.3, 0.4) is 0 Å². The number of amides is 2. The van der Waals surface area contributed by atoms with Crippen molar-refractivity contribution in [2.75, 3.05) is 6.54 Å². The van der Waals surface area contributed by atoms with Crippen LogP contribution in [0.1, 0.15) is 33.1 Å². The number of hydrogen-bond acceptors (Lipinski definition) is 3. The molecule has 4 N–H and O–H groups in total. The minimum Gasteiger partial charge on any atom is -0.352 e. The van der Waals surface area contributed by atoms with E-state index in [2.05, 4.69) is 10.6 Å². The molecule has 0 spiro atoms. The summed E-state index contributed by atoms with van der Waals surface area (Å²) in [4.78, 5) is 23.0. The van der Waals surface area contributed by atoms with Gasteiger partial charge >= 0.3 is 0 Å². The topological polar surface area (TPSA) is 84.2 Å². The van der Waals surface area contributed by atoms with E-state index in [1.807, 2.05) is 13.8 Å². The molecular weight excluding hydrogens is 242 g/mol. The third-order valence-corrected chi connectivity index (χ3v) is 2.78. The van der Waals surface area contributed by atoms with E-state index in [1.165, 1.54) is 0 Å². The molecule has 0 aromatic rings. The van der Waals surface area contributed by atoms with Crippen molar-refractivity contribution in [2.24, 2.45) is 11.7 Å². The zero-order valence-electron chi connectivity index (χ0n) is 10.4. The van der Waals surface area contributed by atoms with Gasteiger partial charge in [-0.2, -0.15) is 0 Å². The van der Waals surface area contributed by atoms with Crippen LogP contribution in [-0.4, -0.2) is 30.4 Å². The molecule has 0 aliphatic heterocycles. The molecule has 1 saturated carbocycles. The molecule has 5 nitrogen and oxygen atoms in total. The Balaban J connectivity index is 0.00000256. The van der Waals surface area contributed by atoms with Gasteiger partial charge in [0.05, 0.1) is 12.5 Å². The van der Waals surface area contributed by atoms with Crippen molar-refractivity contribution in [3.63, 3.8) is 0 Å². The standard InChI is InChI=1S/C11H21N3O2.ClH/c1-7(2)14-10(15)6-13-11(16)8-4-3-5-9(8)12;/h7-9H,3-6,12H2,1-2H3,(H,13,16)(H,14,15);1H. The number of hydrogen-bond donors (Lipinski definition) is 3. The minimum atomic E-state index is -0.157. The molecule has 1 aliphatic rings. The first-order valence-corrected chi connectivity index (χ1v) is 5.83. The van der Waals surface area contributed by atoms with Gasteiger partial charge in [-0.25, -0.2) is 0 Å². The van der Waals surface area contributed by atoms with Crippen LogP contribution in [0.15, 0.2) is 0 Å². The van der Waals surface area contributed by atoms with Crippen LogP contribution in [0.2, 0.25) is 0 Å². The molecule has 0 aromatic carbocycles. The van der Waals surface area contributed by atoms with E-state index in [-0.39, 0.29) is 48.8 Å². The molecule has 100 valence electrons. The Labute approximate surface area is 108 Å². The lowest BCUT2D eigenvalue weighted by molar-refractivity contribution is -0.128. The highest BCUT2D eigenvalue weighted by Crippen LogP contribution is 2.23. The highest BCUT2D eigenvalue weighted by atomic mass is 35.5. The summed E-state index contributed by atoms with van der Waals surface area (Å²) in [5.74, 6) is -0.370. The molecule has 0 bridgehead atoms. The fourth-order valence-electron chi connectivity index (χ4n) is 1.99. The van der Waals surface area contributed by atoms with E-state index in [0.717, 1.165) is 19.3 Å². The van der Waals surface area contributed by atoms with Gasteiger partial charge in [-0.1, -0.05) is 6.42 Å². The first kappa shape index (κ1) is 16.2. The largest absolute Gasteiger partial charge is 0.352 e. The van der Waals surface area contributed by atoms with E-state index >= 15 is 0 Å². The fourth-order valence-corrected chi connectivity index (χ4v) is 1.99. The summed E-state index contributed by atoms with van der Waals surface area (Å²) < 4.78 is 0. The Morgan fingerprint density at radius 2 is 2.00 bits per heavy atom. The molecule has 0 heterocycles. The molecule has 2 amide bonds. The lowest BCUT2D eigenvalue weighted by atomic mass is 10.0. The Hall–Kier alpha value is -0.810. The number of halogens is 1. The molecule has 1 rings (SSSR count). The summed E-state index contributed by atoms with van der Waals surface area (Å²) in [7, 11) is 0. The first-order valence-electron chi connectivity index (χ1n) is 5.83. The summed E-state index contributed by atoms with van der Waals surface area (Å²) in [5.41, 5.74) is 5.81. The number of carbonyl (C=O) groups excluding carboxylic acids is 2. The monoisotopic (exact) mass is 263 g/mol. The maximum atomic E-state index is 11.7. The number of rotatable bonds is 4. The van der Waals surface area contributed by atoms with Gasteiger partial charge in [0.25, 0.3) is 0 Å². The zero-order valence-corrected chi connectivity index (χ0v) is 11.2. The van der Waals surface area contributed by atoms with Crippen molar-refractivity contribution in [1.82, 2.24) is 10.6 Å². The van der Waals surface area contributed by atoms with Crippen LogP contribution in [0.25, 0.3) is 0 Å². The van der Waals surface area contributed by atoms with E-state index in [9.17, 15) is 9.59 Å². The zero-order chi connectivity index (χ0) is 12.1. The summed E-state index contributed by atoms with van der Waals surface area (Å²) in [6.45, 7) is 3.81. The quantitative estimate of drug-likeness (QED) is 0.676. The van der Waals surface area contributed by atoms with E-state index < -0.39 is 0 Å². The summed E-state index contributed by atoms with van der Waals surface area (Å²) in [5, 5.41) is 5.34. The Morgan fingerprint density at radius 1 is 1.35 bits per heavy atom. The summed E-state index contributed by atoms with van der Waals surface area (Å²) in [6.07, 6.45) is 2.73. The first-order chi connectivity index (χ1) is 7.50. The molecule has 1 aliphatic carbocycles. The van der Waals surface area contributed by atoms with Crippen LogP contribution in [0.4, 0.5) is 0 Å². The van der Waals surface area contributed by atoms with Gasteiger partial charge in [0.2, 0.25) is 11.8 Å². The lowest BCUT2D eigenvalue weighted by Crippen LogP contribution is -2.44. The average Bonchev–Trinajstić information content (AvgIpc) is 2.60. The number of nitrogens with two attached hydrogens (primary N) is 1. The van der Waals surface area contributed by atoms with Crippen molar-refractivity contribution >= 4 is 24.2 Å². The summed E-state index contributed by atoms with van der Waals surface area (Å²) >= 11 is 0. The number of carbonyl (C=O) groups is 2. The second-order valence-electron chi connectivity index (χ2n) is 4.64. The molecule has 6 heteroatoms. The molecule has 2 atom stereocenters. The fraction of sp³-hybridized carbons (Fsp3) is 0.818. The van der Waals surface area contributed by atoms with Gasteiger partial charge in [0, 0.05) is 12.1 Å². The lowest BCUT2D eigenvalue weighted by Gasteiger charge is -2.15. The van der Waals surface area contributed by atoms with Gasteiger partial charge in [0.1, 0.15) is 0 Å². The second-order valence-corrected chi connectivity index (χ2v) is 4.64. The molecule has 1 fully saturated rings. The van der Waals surface area contributed by atoms with Crippen molar-refractivity contribution in [3.8, 4) is 0 Å². The van der Waals surface area contributed by atoms with Crippen LogP contribution in [-0.2, 0) is 9.59 Å². The SMILES string of the molecule is CC(C)NC(=O)CNC(=O)C1CCCC1N.Cl. The highest BCUT2D eigenvalue weighted by Gasteiger charge is 2.30. The van der Waals surface area contributed by atoms with Crippen molar-refractivity contribution in [1.29, 1.82) is 0 Å². The minimum absolute atomic E-state index is 0. The van der Waals surface area contributed by atoms with Crippen molar-refractivity contribution < 1.29 is 9.59 Å². The van der Waals surface area contributed by atoms with Gasteiger partial charge in [-0.05, 0) is 26.7 Å². The van der Waals surface area contributed by atoms with Crippen molar-refractivity contribution in [2.45, 2.75) is 45.2 Å². The third-order valence-electron chi connectivity index (χ3n) is 2.78. The highest BCUT2D eigenvalue weighted by molar-refractivity contribution is 5.86. The van der Waals surface area contributed by atoms with Crippen LogP contribution < -0.4 is 16.4 Å².